The van der Waals surface area contributed by atoms with E-state index < -0.39 is 11.8 Å². The van der Waals surface area contributed by atoms with E-state index in [1.807, 2.05) is 0 Å². The molecule has 0 saturated carbocycles. The molecule has 0 saturated heterocycles. The van der Waals surface area contributed by atoms with Crippen molar-refractivity contribution >= 4 is 33.5 Å². The molecule has 2 aromatic rings. The quantitative estimate of drug-likeness (QED) is 0.847. The van der Waals surface area contributed by atoms with E-state index in [2.05, 4.69) is 20.9 Å². The molecule has 6 heteroatoms. The summed E-state index contributed by atoms with van der Waals surface area (Å²) in [6.45, 7) is 0. The van der Waals surface area contributed by atoms with E-state index in [0.717, 1.165) is 0 Å². The third-order valence-electron chi connectivity index (χ3n) is 2.34. The van der Waals surface area contributed by atoms with Crippen LogP contribution in [0.3, 0.4) is 0 Å². The number of pyridine rings is 1. The first-order chi connectivity index (χ1) is 8.52. The Morgan fingerprint density at radius 1 is 1.33 bits per heavy atom. The first-order valence-corrected chi connectivity index (χ1v) is 6.01. The second-order valence-corrected chi connectivity index (χ2v) is 4.66. The molecular weight excluding hydrogens is 324 g/mol. The Morgan fingerprint density at radius 3 is 2.72 bits per heavy atom. The Labute approximate surface area is 115 Å². The van der Waals surface area contributed by atoms with Crippen molar-refractivity contribution in [3.8, 4) is 11.1 Å². The van der Waals surface area contributed by atoms with Crippen molar-refractivity contribution in [2.75, 3.05) is 0 Å². The maximum atomic E-state index is 14.0. The lowest BCUT2D eigenvalue weighted by Gasteiger charge is -2.08. The highest BCUT2D eigenvalue weighted by Gasteiger charge is 2.18. The summed E-state index contributed by atoms with van der Waals surface area (Å²) in [5.41, 5.74) is 0.0837. The first-order valence-electron chi connectivity index (χ1n) is 4.84. The van der Waals surface area contributed by atoms with E-state index in [-0.39, 0.29) is 21.8 Å². The third kappa shape index (κ3) is 2.23. The van der Waals surface area contributed by atoms with Gasteiger partial charge < -0.3 is 5.11 Å². The number of aromatic nitrogens is 1. The van der Waals surface area contributed by atoms with Gasteiger partial charge in [0.15, 0.2) is 11.5 Å². The van der Waals surface area contributed by atoms with Crippen LogP contribution in [0.15, 0.2) is 34.9 Å². The SMILES string of the molecule is O=C(O)c1ncccc1-c1ccc(Br)c(Cl)c1F. The predicted octanol–water partition coefficient (Wildman–Crippen LogP) is 4.00. The number of halogens is 3. The van der Waals surface area contributed by atoms with E-state index in [1.165, 1.54) is 24.4 Å². The molecule has 0 aliphatic rings. The Morgan fingerprint density at radius 2 is 2.06 bits per heavy atom. The van der Waals surface area contributed by atoms with E-state index >= 15 is 0 Å². The molecule has 1 aromatic heterocycles. The maximum Gasteiger partial charge on any atom is 0.355 e. The van der Waals surface area contributed by atoms with Crippen LogP contribution in [0.4, 0.5) is 4.39 Å². The Hall–Kier alpha value is -1.46. The summed E-state index contributed by atoms with van der Waals surface area (Å²) in [4.78, 5) is 14.8. The number of carboxylic acids is 1. The van der Waals surface area contributed by atoms with Gasteiger partial charge in [0.25, 0.3) is 0 Å². The molecule has 0 amide bonds. The molecule has 0 spiro atoms. The van der Waals surface area contributed by atoms with Crippen molar-refractivity contribution in [1.82, 2.24) is 4.98 Å². The van der Waals surface area contributed by atoms with Crippen molar-refractivity contribution < 1.29 is 14.3 Å². The van der Waals surface area contributed by atoms with Crippen LogP contribution in [0.1, 0.15) is 10.5 Å². The van der Waals surface area contributed by atoms with E-state index in [0.29, 0.717) is 4.47 Å². The van der Waals surface area contributed by atoms with Gasteiger partial charge in [0.1, 0.15) is 0 Å². The van der Waals surface area contributed by atoms with Gasteiger partial charge in [0.05, 0.1) is 5.02 Å². The lowest BCUT2D eigenvalue weighted by atomic mass is 10.0. The highest BCUT2D eigenvalue weighted by atomic mass is 79.9. The second-order valence-electron chi connectivity index (χ2n) is 3.43. The van der Waals surface area contributed by atoms with Gasteiger partial charge in [-0.25, -0.2) is 14.2 Å². The molecule has 1 N–H and O–H groups in total. The molecule has 1 aromatic carbocycles. The minimum absolute atomic E-state index is 0.0901. The van der Waals surface area contributed by atoms with Crippen molar-refractivity contribution in [3.05, 3.63) is 51.5 Å². The standard InChI is InChI=1S/C12H6BrClFNO2/c13-8-4-3-6(10(15)9(8)14)7-2-1-5-16-11(7)12(17)18/h1-5H,(H,17,18). The zero-order chi connectivity index (χ0) is 13.3. The van der Waals surface area contributed by atoms with Gasteiger partial charge in [0, 0.05) is 21.8 Å². The average Bonchev–Trinajstić information content (AvgIpc) is 2.36. The summed E-state index contributed by atoms with van der Waals surface area (Å²) >= 11 is 8.87. The fraction of sp³-hybridized carbons (Fsp3) is 0. The van der Waals surface area contributed by atoms with E-state index in [4.69, 9.17) is 16.7 Å². The summed E-state index contributed by atoms with van der Waals surface area (Å²) in [6, 6.07) is 6.03. The van der Waals surface area contributed by atoms with Crippen molar-refractivity contribution in [2.24, 2.45) is 0 Å². The smallest absolute Gasteiger partial charge is 0.355 e. The molecule has 18 heavy (non-hydrogen) atoms. The number of aromatic carboxylic acids is 1. The average molecular weight is 331 g/mol. The highest BCUT2D eigenvalue weighted by molar-refractivity contribution is 9.10. The van der Waals surface area contributed by atoms with Crippen LogP contribution in [-0.2, 0) is 0 Å². The minimum atomic E-state index is -1.22. The van der Waals surface area contributed by atoms with E-state index in [1.54, 1.807) is 6.07 Å². The fourth-order valence-corrected chi connectivity index (χ4v) is 2.00. The zero-order valence-electron chi connectivity index (χ0n) is 8.82. The zero-order valence-corrected chi connectivity index (χ0v) is 11.2. The van der Waals surface area contributed by atoms with Gasteiger partial charge in [-0.15, -0.1) is 0 Å². The Bertz CT molecular complexity index is 633. The molecular formula is C12H6BrClFNO2. The summed E-state index contributed by atoms with van der Waals surface area (Å²) in [7, 11) is 0. The van der Waals surface area contributed by atoms with Crippen molar-refractivity contribution in [3.63, 3.8) is 0 Å². The summed E-state index contributed by atoms with van der Waals surface area (Å²) < 4.78 is 14.4. The van der Waals surface area contributed by atoms with Crippen molar-refractivity contribution in [1.29, 1.82) is 0 Å². The third-order valence-corrected chi connectivity index (χ3v) is 3.59. The molecule has 2 rings (SSSR count). The van der Waals surface area contributed by atoms with Gasteiger partial charge in [0.2, 0.25) is 0 Å². The number of rotatable bonds is 2. The molecule has 3 nitrogen and oxygen atoms in total. The summed E-state index contributed by atoms with van der Waals surface area (Å²) in [5, 5.41) is 8.92. The first kappa shape index (κ1) is 13.0. The predicted molar refractivity (Wildman–Crippen MR) is 69.3 cm³/mol. The normalized spacial score (nSPS) is 10.4. The largest absolute Gasteiger partial charge is 0.476 e. The molecule has 0 unspecified atom stereocenters. The molecule has 0 bridgehead atoms. The monoisotopic (exact) mass is 329 g/mol. The molecule has 0 aliphatic heterocycles. The molecule has 92 valence electrons. The van der Waals surface area contributed by atoms with Gasteiger partial charge in [-0.2, -0.15) is 0 Å². The van der Waals surface area contributed by atoms with Gasteiger partial charge >= 0.3 is 5.97 Å². The van der Waals surface area contributed by atoms with E-state index in [9.17, 15) is 9.18 Å². The number of carbonyl (C=O) groups is 1. The van der Waals surface area contributed by atoms with Crippen LogP contribution in [0.5, 0.6) is 0 Å². The fourth-order valence-electron chi connectivity index (χ4n) is 1.53. The van der Waals surface area contributed by atoms with Crippen LogP contribution in [0, 0.1) is 5.82 Å². The highest BCUT2D eigenvalue weighted by Crippen LogP contribution is 2.33. The van der Waals surface area contributed by atoms with Crippen LogP contribution >= 0.6 is 27.5 Å². The van der Waals surface area contributed by atoms with Crippen LogP contribution < -0.4 is 0 Å². The molecule has 0 atom stereocenters. The number of hydrogen-bond acceptors (Lipinski definition) is 2. The van der Waals surface area contributed by atoms with Gasteiger partial charge in [-0.1, -0.05) is 23.7 Å². The lowest BCUT2D eigenvalue weighted by Crippen LogP contribution is -2.03. The lowest BCUT2D eigenvalue weighted by molar-refractivity contribution is 0.0691. The summed E-state index contributed by atoms with van der Waals surface area (Å²) in [6.07, 6.45) is 1.34. The number of benzene rings is 1. The van der Waals surface area contributed by atoms with Crippen molar-refractivity contribution in [2.45, 2.75) is 0 Å². The molecule has 1 heterocycles. The maximum absolute atomic E-state index is 14.0. The molecule has 0 aliphatic carbocycles. The molecule has 0 radical (unpaired) electrons. The van der Waals surface area contributed by atoms with Crippen LogP contribution in [0.25, 0.3) is 11.1 Å². The topological polar surface area (TPSA) is 50.2 Å². The number of carboxylic acid groups (broad SMARTS) is 1. The van der Waals surface area contributed by atoms with Crippen LogP contribution in [0.2, 0.25) is 5.02 Å². The second kappa shape index (κ2) is 5.04. The molecule has 0 fully saturated rings. The number of hydrogen-bond donors (Lipinski definition) is 1. The minimum Gasteiger partial charge on any atom is -0.476 e. The Balaban J connectivity index is 2.70. The van der Waals surface area contributed by atoms with Crippen LogP contribution in [-0.4, -0.2) is 16.1 Å². The summed E-state index contributed by atoms with van der Waals surface area (Å²) in [5.74, 6) is -1.90. The van der Waals surface area contributed by atoms with Gasteiger partial charge in [-0.3, -0.25) is 0 Å². The van der Waals surface area contributed by atoms with Gasteiger partial charge in [-0.05, 0) is 28.1 Å². The Kier molecular flexibility index (Phi) is 3.63. The number of nitrogens with zero attached hydrogens (tertiary/aromatic N) is 1.